The Bertz CT molecular complexity index is 754. The van der Waals surface area contributed by atoms with E-state index in [1.54, 1.807) is 18.2 Å². The van der Waals surface area contributed by atoms with E-state index in [-0.39, 0.29) is 11.4 Å². The predicted molar refractivity (Wildman–Crippen MR) is 82.3 cm³/mol. The lowest BCUT2D eigenvalue weighted by Gasteiger charge is -2.03. The summed E-state index contributed by atoms with van der Waals surface area (Å²) >= 11 is 0. The lowest BCUT2D eigenvalue weighted by molar-refractivity contribution is -0.385. The number of benzene rings is 1. The highest BCUT2D eigenvalue weighted by molar-refractivity contribution is 5.74. The van der Waals surface area contributed by atoms with E-state index in [2.05, 4.69) is 4.98 Å². The predicted octanol–water partition coefficient (Wildman–Crippen LogP) is 3.39. The lowest BCUT2D eigenvalue weighted by atomic mass is 10.1. The van der Waals surface area contributed by atoms with Gasteiger partial charge in [-0.05, 0) is 36.8 Å². The smallest absolute Gasteiger partial charge is 0.312 e. The zero-order valence-electron chi connectivity index (χ0n) is 12.1. The summed E-state index contributed by atoms with van der Waals surface area (Å²) in [6.45, 7) is 3.08. The maximum atomic E-state index is 11.1. The molecule has 0 N–H and O–H groups in total. The molecule has 0 bridgehead atoms. The van der Waals surface area contributed by atoms with E-state index in [1.165, 1.54) is 19.1 Å². The van der Waals surface area contributed by atoms with E-state index in [1.807, 2.05) is 25.1 Å². The Balaban J connectivity index is 2.30. The number of rotatable bonds is 4. The molecule has 22 heavy (non-hydrogen) atoms. The fourth-order valence-corrected chi connectivity index (χ4v) is 1.86. The summed E-state index contributed by atoms with van der Waals surface area (Å²) < 4.78 is 4.82. The summed E-state index contributed by atoms with van der Waals surface area (Å²) in [7, 11) is 0. The van der Waals surface area contributed by atoms with Crippen molar-refractivity contribution in [3.8, 4) is 5.75 Å². The van der Waals surface area contributed by atoms with Gasteiger partial charge >= 0.3 is 11.7 Å². The van der Waals surface area contributed by atoms with Crippen molar-refractivity contribution in [2.75, 3.05) is 0 Å². The highest BCUT2D eigenvalue weighted by atomic mass is 16.6. The Labute approximate surface area is 127 Å². The van der Waals surface area contributed by atoms with Gasteiger partial charge in [0.15, 0.2) is 0 Å². The number of pyridine rings is 1. The lowest BCUT2D eigenvalue weighted by Crippen LogP contribution is -2.04. The average molecular weight is 298 g/mol. The molecule has 1 heterocycles. The minimum absolute atomic E-state index is 0.0664. The van der Waals surface area contributed by atoms with Crippen LogP contribution in [0, 0.1) is 17.0 Å². The molecule has 2 rings (SSSR count). The number of esters is 1. The zero-order chi connectivity index (χ0) is 16.1. The van der Waals surface area contributed by atoms with Crippen molar-refractivity contribution < 1.29 is 14.5 Å². The molecule has 0 aliphatic carbocycles. The third-order valence-electron chi connectivity index (χ3n) is 2.79. The molecule has 0 saturated heterocycles. The van der Waals surface area contributed by atoms with Gasteiger partial charge in [0.2, 0.25) is 5.75 Å². The monoisotopic (exact) mass is 298 g/mol. The van der Waals surface area contributed by atoms with E-state index >= 15 is 0 Å². The highest BCUT2D eigenvalue weighted by Crippen LogP contribution is 2.28. The van der Waals surface area contributed by atoms with Crippen LogP contribution in [0.1, 0.15) is 23.9 Å². The average Bonchev–Trinajstić information content (AvgIpc) is 2.45. The van der Waals surface area contributed by atoms with Crippen LogP contribution in [0.2, 0.25) is 0 Å². The van der Waals surface area contributed by atoms with Crippen LogP contribution in [0.15, 0.2) is 36.4 Å². The third-order valence-corrected chi connectivity index (χ3v) is 2.79. The second-order valence-electron chi connectivity index (χ2n) is 4.62. The molecule has 0 spiro atoms. The van der Waals surface area contributed by atoms with Gasteiger partial charge in [-0.25, -0.2) is 0 Å². The van der Waals surface area contributed by atoms with E-state index in [4.69, 9.17) is 4.74 Å². The molecule has 6 nitrogen and oxygen atoms in total. The number of carbonyl (C=O) groups is 1. The number of nitrogens with zero attached hydrogens (tertiary/aromatic N) is 2. The maximum Gasteiger partial charge on any atom is 0.312 e. The van der Waals surface area contributed by atoms with Crippen molar-refractivity contribution in [3.05, 3.63) is 63.5 Å². The molecule has 0 atom stereocenters. The molecular formula is C16H14N2O4. The van der Waals surface area contributed by atoms with Gasteiger partial charge in [-0.2, -0.15) is 0 Å². The second kappa shape index (κ2) is 6.62. The topological polar surface area (TPSA) is 82.3 Å². The van der Waals surface area contributed by atoms with E-state index in [0.29, 0.717) is 5.56 Å². The minimum atomic E-state index is -0.602. The first-order valence-corrected chi connectivity index (χ1v) is 6.54. The van der Waals surface area contributed by atoms with E-state index in [9.17, 15) is 14.9 Å². The molecule has 0 radical (unpaired) electrons. The van der Waals surface area contributed by atoms with Crippen molar-refractivity contribution in [1.82, 2.24) is 4.98 Å². The maximum absolute atomic E-state index is 11.1. The Morgan fingerprint density at radius 3 is 2.68 bits per heavy atom. The van der Waals surface area contributed by atoms with Gasteiger partial charge in [0.05, 0.1) is 10.6 Å². The van der Waals surface area contributed by atoms with Crippen LogP contribution in [0.25, 0.3) is 12.2 Å². The number of aromatic nitrogens is 1. The molecule has 1 aromatic carbocycles. The third kappa shape index (κ3) is 3.99. The molecule has 0 aliphatic heterocycles. The molecule has 0 amide bonds. The number of hydrogen-bond donors (Lipinski definition) is 0. The molecule has 2 aromatic rings. The van der Waals surface area contributed by atoms with Gasteiger partial charge in [0, 0.05) is 18.7 Å². The van der Waals surface area contributed by atoms with Crippen molar-refractivity contribution in [2.45, 2.75) is 13.8 Å². The fourth-order valence-electron chi connectivity index (χ4n) is 1.86. The summed E-state index contributed by atoms with van der Waals surface area (Å²) in [4.78, 5) is 25.7. The number of carbonyl (C=O) groups excluding carboxylic acids is 1. The Hall–Kier alpha value is -3.02. The molecule has 6 heteroatoms. The highest BCUT2D eigenvalue weighted by Gasteiger charge is 2.16. The number of hydrogen-bond acceptors (Lipinski definition) is 5. The van der Waals surface area contributed by atoms with E-state index < -0.39 is 10.9 Å². The Kier molecular flexibility index (Phi) is 4.63. The van der Waals surface area contributed by atoms with Gasteiger partial charge in [0.25, 0.3) is 0 Å². The SMILES string of the molecule is CC(=O)Oc1ccc(/C=C/c2cccc(C)n2)cc1[N+](=O)[O-]. The quantitative estimate of drug-likeness (QED) is 0.374. The van der Waals surface area contributed by atoms with Gasteiger partial charge in [0.1, 0.15) is 0 Å². The normalized spacial score (nSPS) is 10.6. The first-order valence-electron chi connectivity index (χ1n) is 6.54. The number of aryl methyl sites for hydroxylation is 1. The van der Waals surface area contributed by atoms with Crippen molar-refractivity contribution >= 4 is 23.8 Å². The fraction of sp³-hybridized carbons (Fsp3) is 0.125. The van der Waals surface area contributed by atoms with Gasteiger partial charge in [-0.3, -0.25) is 19.9 Å². The van der Waals surface area contributed by atoms with Crippen molar-refractivity contribution in [2.24, 2.45) is 0 Å². The van der Waals surface area contributed by atoms with Crippen molar-refractivity contribution in [3.63, 3.8) is 0 Å². The minimum Gasteiger partial charge on any atom is -0.419 e. The van der Waals surface area contributed by atoms with Crippen LogP contribution in [-0.4, -0.2) is 15.9 Å². The van der Waals surface area contributed by atoms with Gasteiger partial charge in [-0.1, -0.05) is 18.2 Å². The molecule has 112 valence electrons. The Morgan fingerprint density at radius 2 is 2.05 bits per heavy atom. The summed E-state index contributed by atoms with van der Waals surface area (Å²) in [5.41, 5.74) is 2.01. The van der Waals surface area contributed by atoms with Crippen LogP contribution >= 0.6 is 0 Å². The zero-order valence-corrected chi connectivity index (χ0v) is 12.1. The summed E-state index contributed by atoms with van der Waals surface area (Å²) in [6.07, 6.45) is 3.48. The summed E-state index contributed by atoms with van der Waals surface area (Å²) in [5, 5.41) is 11.1. The van der Waals surface area contributed by atoms with Crippen LogP contribution in [0.3, 0.4) is 0 Å². The molecular weight excluding hydrogens is 284 g/mol. The number of nitro benzene ring substituents is 1. The first-order chi connectivity index (χ1) is 10.5. The van der Waals surface area contributed by atoms with Crippen LogP contribution < -0.4 is 4.74 Å². The van der Waals surface area contributed by atoms with Crippen molar-refractivity contribution in [1.29, 1.82) is 0 Å². The van der Waals surface area contributed by atoms with E-state index in [0.717, 1.165) is 11.4 Å². The van der Waals surface area contributed by atoms with Crippen LogP contribution in [0.5, 0.6) is 5.75 Å². The molecule has 0 fully saturated rings. The van der Waals surface area contributed by atoms with Crippen LogP contribution in [-0.2, 0) is 4.79 Å². The summed E-state index contributed by atoms with van der Waals surface area (Å²) in [6, 6.07) is 10.0. The largest absolute Gasteiger partial charge is 0.419 e. The molecule has 0 unspecified atom stereocenters. The number of ether oxygens (including phenoxy) is 1. The second-order valence-corrected chi connectivity index (χ2v) is 4.62. The summed E-state index contributed by atoms with van der Waals surface area (Å²) in [5.74, 6) is -0.668. The molecule has 1 aromatic heterocycles. The Morgan fingerprint density at radius 1 is 1.27 bits per heavy atom. The van der Waals surface area contributed by atoms with Crippen LogP contribution in [0.4, 0.5) is 5.69 Å². The standard InChI is InChI=1S/C16H14N2O4/c1-11-4-3-5-14(17-11)8-6-13-7-9-16(22-12(2)19)15(10-13)18(20)21/h3-10H,1-2H3/b8-6+. The first kappa shape index (κ1) is 15.4. The number of nitro groups is 1. The molecule has 0 aliphatic rings. The van der Waals surface area contributed by atoms with Gasteiger partial charge in [-0.15, -0.1) is 0 Å². The molecule has 0 saturated carbocycles. The van der Waals surface area contributed by atoms with Gasteiger partial charge < -0.3 is 4.74 Å².